The third kappa shape index (κ3) is 1.78. The summed E-state index contributed by atoms with van der Waals surface area (Å²) in [5.74, 6) is 0. The number of ether oxygens (including phenoxy) is 1. The van der Waals surface area contributed by atoms with Crippen LogP contribution in [0.15, 0.2) is 22.8 Å². The van der Waals surface area contributed by atoms with Gasteiger partial charge < -0.3 is 9.72 Å². The van der Waals surface area contributed by atoms with Crippen molar-refractivity contribution >= 4 is 26.8 Å². The Hall–Kier alpha value is -0.840. The second kappa shape index (κ2) is 4.86. The van der Waals surface area contributed by atoms with Gasteiger partial charge in [-0.2, -0.15) is 0 Å². The van der Waals surface area contributed by atoms with E-state index in [-0.39, 0.29) is 6.10 Å². The van der Waals surface area contributed by atoms with Gasteiger partial charge in [0.15, 0.2) is 0 Å². The van der Waals surface area contributed by atoms with Gasteiger partial charge in [-0.3, -0.25) is 4.90 Å². The van der Waals surface area contributed by atoms with Crippen LogP contribution in [0.2, 0.25) is 0 Å². The molecule has 2 aromatic rings. The number of rotatable bonds is 2. The molecule has 20 heavy (non-hydrogen) atoms. The van der Waals surface area contributed by atoms with Crippen LogP contribution in [-0.2, 0) is 11.2 Å². The number of morpholine rings is 1. The second-order valence-corrected chi connectivity index (χ2v) is 6.58. The predicted octanol–water partition coefficient (Wildman–Crippen LogP) is 3.64. The van der Waals surface area contributed by atoms with E-state index >= 15 is 0 Å². The SMILES string of the molecule is CCCN1CCOC2c3cccc4[nH]c(Br)c(c34)CC21. The molecule has 1 fully saturated rings. The molecule has 1 aliphatic heterocycles. The van der Waals surface area contributed by atoms with E-state index < -0.39 is 0 Å². The lowest BCUT2D eigenvalue weighted by Crippen LogP contribution is -2.49. The molecule has 2 aliphatic rings. The highest BCUT2D eigenvalue weighted by atomic mass is 79.9. The molecule has 2 atom stereocenters. The highest BCUT2D eigenvalue weighted by Crippen LogP contribution is 2.43. The van der Waals surface area contributed by atoms with E-state index in [0.717, 1.165) is 30.7 Å². The van der Waals surface area contributed by atoms with Crippen molar-refractivity contribution in [3.8, 4) is 0 Å². The zero-order chi connectivity index (χ0) is 13.7. The maximum Gasteiger partial charge on any atom is 0.0990 e. The molecular weight excluding hydrogens is 316 g/mol. The minimum Gasteiger partial charge on any atom is -0.371 e. The highest BCUT2D eigenvalue weighted by Gasteiger charge is 2.38. The van der Waals surface area contributed by atoms with E-state index in [9.17, 15) is 0 Å². The van der Waals surface area contributed by atoms with E-state index in [0.29, 0.717) is 6.04 Å². The van der Waals surface area contributed by atoms with E-state index in [4.69, 9.17) is 4.74 Å². The van der Waals surface area contributed by atoms with Gasteiger partial charge in [0.05, 0.1) is 17.3 Å². The van der Waals surface area contributed by atoms with Gasteiger partial charge >= 0.3 is 0 Å². The smallest absolute Gasteiger partial charge is 0.0990 e. The molecule has 0 bridgehead atoms. The number of hydrogen-bond acceptors (Lipinski definition) is 2. The van der Waals surface area contributed by atoms with Gasteiger partial charge in [-0.1, -0.05) is 19.1 Å². The Balaban J connectivity index is 1.85. The first kappa shape index (κ1) is 12.9. The van der Waals surface area contributed by atoms with E-state index in [1.165, 1.54) is 28.5 Å². The third-order valence-electron chi connectivity index (χ3n) is 4.63. The average Bonchev–Trinajstić information content (AvgIpc) is 2.78. The maximum absolute atomic E-state index is 6.14. The highest BCUT2D eigenvalue weighted by molar-refractivity contribution is 9.10. The van der Waals surface area contributed by atoms with E-state index in [2.05, 4.69) is 50.9 Å². The van der Waals surface area contributed by atoms with Crippen molar-refractivity contribution in [3.05, 3.63) is 33.9 Å². The number of nitrogens with zero attached hydrogens (tertiary/aromatic N) is 1. The fraction of sp³-hybridized carbons (Fsp3) is 0.500. The molecule has 3 nitrogen and oxygen atoms in total. The molecule has 1 aliphatic carbocycles. The van der Waals surface area contributed by atoms with Crippen molar-refractivity contribution in [3.63, 3.8) is 0 Å². The van der Waals surface area contributed by atoms with Crippen LogP contribution in [0.3, 0.4) is 0 Å². The minimum absolute atomic E-state index is 0.231. The maximum atomic E-state index is 6.14. The Kier molecular flexibility index (Phi) is 3.13. The molecule has 2 heterocycles. The summed E-state index contributed by atoms with van der Waals surface area (Å²) in [6.07, 6.45) is 2.51. The fourth-order valence-electron chi connectivity index (χ4n) is 3.82. The van der Waals surface area contributed by atoms with Crippen molar-refractivity contribution in [2.45, 2.75) is 31.9 Å². The summed E-state index contributed by atoms with van der Waals surface area (Å²) in [6, 6.07) is 7.00. The summed E-state index contributed by atoms with van der Waals surface area (Å²) in [4.78, 5) is 6.06. The summed E-state index contributed by atoms with van der Waals surface area (Å²) in [7, 11) is 0. The zero-order valence-electron chi connectivity index (χ0n) is 11.7. The molecule has 0 spiro atoms. The second-order valence-electron chi connectivity index (χ2n) is 5.79. The van der Waals surface area contributed by atoms with Gasteiger partial charge in [-0.05, 0) is 52.5 Å². The summed E-state index contributed by atoms with van der Waals surface area (Å²) in [6.45, 7) is 5.32. The van der Waals surface area contributed by atoms with Gasteiger partial charge in [0.25, 0.3) is 0 Å². The van der Waals surface area contributed by atoms with Crippen LogP contribution < -0.4 is 0 Å². The molecule has 1 saturated heterocycles. The lowest BCUT2D eigenvalue weighted by Gasteiger charge is -2.43. The number of aromatic nitrogens is 1. The number of fused-ring (bicyclic) bond motifs is 2. The number of hydrogen-bond donors (Lipinski definition) is 1. The Morgan fingerprint density at radius 3 is 3.20 bits per heavy atom. The normalized spacial score (nSPS) is 25.9. The molecule has 4 rings (SSSR count). The minimum atomic E-state index is 0.231. The van der Waals surface area contributed by atoms with Crippen LogP contribution in [0.4, 0.5) is 0 Å². The number of aromatic amines is 1. The predicted molar refractivity (Wildman–Crippen MR) is 84.0 cm³/mol. The first-order valence-corrected chi connectivity index (χ1v) is 8.23. The topological polar surface area (TPSA) is 28.3 Å². The van der Waals surface area contributed by atoms with Crippen molar-refractivity contribution < 1.29 is 4.74 Å². The lowest BCUT2D eigenvalue weighted by atomic mass is 9.85. The first-order valence-electron chi connectivity index (χ1n) is 7.44. The standard InChI is InChI=1S/C16H19BrN2O/c1-2-6-19-7-8-20-15-10-4-3-5-12-14(10)11(9-13(15)19)16(17)18-12/h3-5,13,15,18H,2,6-9H2,1H3. The van der Waals surface area contributed by atoms with Crippen LogP contribution in [0.25, 0.3) is 10.9 Å². The first-order chi connectivity index (χ1) is 9.79. The van der Waals surface area contributed by atoms with Crippen molar-refractivity contribution in [1.29, 1.82) is 0 Å². The number of nitrogens with one attached hydrogen (secondary N) is 1. The fourth-order valence-corrected chi connectivity index (χ4v) is 4.39. The van der Waals surface area contributed by atoms with E-state index in [1.54, 1.807) is 0 Å². The summed E-state index contributed by atoms with van der Waals surface area (Å²) in [5.41, 5.74) is 4.00. The lowest BCUT2D eigenvalue weighted by molar-refractivity contribution is -0.0740. The quantitative estimate of drug-likeness (QED) is 0.908. The van der Waals surface area contributed by atoms with Crippen molar-refractivity contribution in [2.24, 2.45) is 0 Å². The largest absolute Gasteiger partial charge is 0.371 e. The van der Waals surface area contributed by atoms with Crippen LogP contribution in [0.1, 0.15) is 30.6 Å². The molecule has 0 amide bonds. The van der Waals surface area contributed by atoms with E-state index in [1.807, 2.05) is 0 Å². The monoisotopic (exact) mass is 334 g/mol. The van der Waals surface area contributed by atoms with Gasteiger partial charge in [0.2, 0.25) is 0 Å². The Labute approximate surface area is 127 Å². The summed E-state index contributed by atoms with van der Waals surface area (Å²) >= 11 is 3.70. The Bertz CT molecular complexity index is 649. The average molecular weight is 335 g/mol. The molecule has 1 N–H and O–H groups in total. The van der Waals surface area contributed by atoms with Crippen molar-refractivity contribution in [2.75, 3.05) is 19.7 Å². The molecule has 106 valence electrons. The number of halogens is 1. The van der Waals surface area contributed by atoms with Crippen LogP contribution in [0, 0.1) is 0 Å². The zero-order valence-corrected chi connectivity index (χ0v) is 13.2. The molecule has 0 radical (unpaired) electrons. The number of H-pyrrole nitrogens is 1. The molecular formula is C16H19BrN2O. The Morgan fingerprint density at radius 1 is 1.45 bits per heavy atom. The van der Waals surface area contributed by atoms with Gasteiger partial charge in [0.1, 0.15) is 0 Å². The molecule has 2 unspecified atom stereocenters. The van der Waals surface area contributed by atoms with Crippen molar-refractivity contribution in [1.82, 2.24) is 9.88 Å². The molecule has 1 aromatic carbocycles. The molecule has 4 heteroatoms. The molecule has 1 aromatic heterocycles. The van der Waals surface area contributed by atoms with Crippen LogP contribution in [0.5, 0.6) is 0 Å². The van der Waals surface area contributed by atoms with Gasteiger partial charge in [-0.25, -0.2) is 0 Å². The van der Waals surface area contributed by atoms with Gasteiger partial charge in [-0.15, -0.1) is 0 Å². The third-order valence-corrected chi connectivity index (χ3v) is 5.31. The number of benzene rings is 1. The summed E-state index contributed by atoms with van der Waals surface area (Å²) < 4.78 is 7.28. The Morgan fingerprint density at radius 2 is 2.35 bits per heavy atom. The van der Waals surface area contributed by atoms with Crippen LogP contribution >= 0.6 is 15.9 Å². The summed E-state index contributed by atoms with van der Waals surface area (Å²) in [5, 5.41) is 1.37. The van der Waals surface area contributed by atoms with Crippen LogP contribution in [-0.4, -0.2) is 35.6 Å². The van der Waals surface area contributed by atoms with Gasteiger partial charge in [0, 0.05) is 23.5 Å². The molecule has 0 saturated carbocycles.